The number of rotatable bonds is 6. The number of hydrogen-bond donors (Lipinski definition) is 1. The number of aryl methyl sites for hydroxylation is 1. The van der Waals surface area contributed by atoms with Crippen LogP contribution in [0, 0.1) is 0 Å². The van der Waals surface area contributed by atoms with E-state index in [-0.39, 0.29) is 0 Å². The Labute approximate surface area is 185 Å². The number of nitrogens with zero attached hydrogens (tertiary/aromatic N) is 7. The summed E-state index contributed by atoms with van der Waals surface area (Å²) < 4.78 is 3.65. The van der Waals surface area contributed by atoms with Gasteiger partial charge in [-0.1, -0.05) is 38.2 Å². The SMILES string of the molecule is CC.CCNCc1nn2c(Cc3ccc4ncc(-c5cnn(C)c5)cc4c3)nnc2s1. The van der Waals surface area contributed by atoms with Crippen LogP contribution in [0.5, 0.6) is 0 Å². The second kappa shape index (κ2) is 9.32. The van der Waals surface area contributed by atoms with Crippen molar-refractivity contribution in [1.82, 2.24) is 39.9 Å². The van der Waals surface area contributed by atoms with Gasteiger partial charge in [0.15, 0.2) is 5.82 Å². The molecule has 160 valence electrons. The van der Waals surface area contributed by atoms with Gasteiger partial charge in [-0.25, -0.2) is 0 Å². The molecule has 9 heteroatoms. The molecule has 0 bridgehead atoms. The van der Waals surface area contributed by atoms with E-state index in [0.717, 1.165) is 56.5 Å². The predicted octanol–water partition coefficient (Wildman–Crippen LogP) is 3.86. The van der Waals surface area contributed by atoms with Gasteiger partial charge in [-0.05, 0) is 30.3 Å². The molecular formula is C22H26N8S. The van der Waals surface area contributed by atoms with Gasteiger partial charge in [0, 0.05) is 48.9 Å². The van der Waals surface area contributed by atoms with E-state index in [1.807, 2.05) is 50.1 Å². The van der Waals surface area contributed by atoms with Crippen LogP contribution < -0.4 is 5.32 Å². The van der Waals surface area contributed by atoms with Crippen molar-refractivity contribution < 1.29 is 0 Å². The van der Waals surface area contributed by atoms with Gasteiger partial charge in [-0.15, -0.1) is 10.2 Å². The van der Waals surface area contributed by atoms with Crippen molar-refractivity contribution in [2.24, 2.45) is 7.05 Å². The minimum atomic E-state index is 0.665. The molecule has 8 nitrogen and oxygen atoms in total. The number of pyridine rings is 1. The van der Waals surface area contributed by atoms with Crippen LogP contribution >= 0.6 is 11.3 Å². The lowest BCUT2D eigenvalue weighted by Gasteiger charge is -2.04. The smallest absolute Gasteiger partial charge is 0.234 e. The van der Waals surface area contributed by atoms with Gasteiger partial charge in [-0.2, -0.15) is 14.7 Å². The topological polar surface area (TPSA) is 85.8 Å². The Morgan fingerprint density at radius 3 is 2.71 bits per heavy atom. The van der Waals surface area contributed by atoms with Gasteiger partial charge in [0.2, 0.25) is 4.96 Å². The third kappa shape index (κ3) is 4.47. The zero-order chi connectivity index (χ0) is 21.8. The van der Waals surface area contributed by atoms with Crippen LogP contribution in [0.15, 0.2) is 42.9 Å². The molecule has 0 saturated carbocycles. The first-order valence-corrected chi connectivity index (χ1v) is 11.3. The number of aromatic nitrogens is 7. The third-order valence-corrected chi connectivity index (χ3v) is 5.67. The molecule has 0 unspecified atom stereocenters. The summed E-state index contributed by atoms with van der Waals surface area (Å²) in [5, 5.41) is 22.9. The van der Waals surface area contributed by atoms with Crippen LogP contribution in [0.1, 0.15) is 37.2 Å². The molecule has 5 aromatic rings. The summed E-state index contributed by atoms with van der Waals surface area (Å²) in [4.78, 5) is 5.43. The van der Waals surface area contributed by atoms with Gasteiger partial charge >= 0.3 is 0 Å². The Morgan fingerprint density at radius 1 is 1.06 bits per heavy atom. The fraction of sp³-hybridized carbons (Fsp3) is 0.318. The molecule has 0 aliphatic carbocycles. The molecule has 0 radical (unpaired) electrons. The zero-order valence-electron chi connectivity index (χ0n) is 18.2. The minimum Gasteiger partial charge on any atom is -0.311 e. The highest BCUT2D eigenvalue weighted by molar-refractivity contribution is 7.16. The van der Waals surface area contributed by atoms with Crippen molar-refractivity contribution in [3.8, 4) is 11.1 Å². The van der Waals surface area contributed by atoms with Gasteiger partial charge in [-0.3, -0.25) is 9.67 Å². The minimum absolute atomic E-state index is 0.665. The molecule has 4 heterocycles. The molecule has 0 aliphatic heterocycles. The van der Waals surface area contributed by atoms with Crippen LogP contribution in [0.2, 0.25) is 0 Å². The monoisotopic (exact) mass is 434 g/mol. The molecule has 5 rings (SSSR count). The first kappa shape index (κ1) is 21.1. The van der Waals surface area contributed by atoms with E-state index >= 15 is 0 Å². The van der Waals surface area contributed by atoms with Gasteiger partial charge in [0.25, 0.3) is 0 Å². The van der Waals surface area contributed by atoms with Crippen molar-refractivity contribution >= 4 is 27.2 Å². The summed E-state index contributed by atoms with van der Waals surface area (Å²) in [5.74, 6) is 0.842. The van der Waals surface area contributed by atoms with Crippen molar-refractivity contribution in [2.45, 2.75) is 33.7 Å². The largest absolute Gasteiger partial charge is 0.311 e. The molecule has 0 atom stereocenters. The number of benzene rings is 1. The second-order valence-electron chi connectivity index (χ2n) is 6.92. The lowest BCUT2D eigenvalue weighted by Crippen LogP contribution is -2.11. The predicted molar refractivity (Wildman–Crippen MR) is 124 cm³/mol. The number of fused-ring (bicyclic) bond motifs is 2. The molecule has 1 aromatic carbocycles. The Hall–Kier alpha value is -3.17. The van der Waals surface area contributed by atoms with E-state index in [0.29, 0.717) is 6.42 Å². The highest BCUT2D eigenvalue weighted by Gasteiger charge is 2.12. The maximum absolute atomic E-state index is 4.65. The lowest BCUT2D eigenvalue weighted by molar-refractivity contribution is 0.703. The zero-order valence-corrected chi connectivity index (χ0v) is 19.0. The Kier molecular flexibility index (Phi) is 6.34. The fourth-order valence-electron chi connectivity index (χ4n) is 3.31. The Morgan fingerprint density at radius 2 is 1.94 bits per heavy atom. The molecule has 31 heavy (non-hydrogen) atoms. The summed E-state index contributed by atoms with van der Waals surface area (Å²) in [7, 11) is 1.91. The van der Waals surface area contributed by atoms with E-state index in [1.165, 1.54) is 0 Å². The quantitative estimate of drug-likeness (QED) is 0.437. The standard InChI is InChI=1S/C20H20N8S.C2H6/c1-3-21-11-19-26-28-18(24-25-20(28)29-19)7-13-4-5-17-14(6-13)8-15(9-22-17)16-10-23-27(2)12-16;1-2/h4-6,8-10,12,21H,3,7,11H2,1-2H3;1-2H3. The highest BCUT2D eigenvalue weighted by Crippen LogP contribution is 2.24. The molecule has 4 aromatic heterocycles. The third-order valence-electron chi connectivity index (χ3n) is 4.77. The Bertz CT molecular complexity index is 1300. The van der Waals surface area contributed by atoms with Crippen LogP contribution in [0.4, 0.5) is 0 Å². The van der Waals surface area contributed by atoms with Crippen molar-refractivity contribution in [3.63, 3.8) is 0 Å². The summed E-state index contributed by atoms with van der Waals surface area (Å²) in [5.41, 5.74) is 4.23. The van der Waals surface area contributed by atoms with E-state index in [4.69, 9.17) is 0 Å². The van der Waals surface area contributed by atoms with E-state index in [2.05, 4.69) is 55.8 Å². The van der Waals surface area contributed by atoms with E-state index in [9.17, 15) is 0 Å². The van der Waals surface area contributed by atoms with Gasteiger partial charge in [0.05, 0.1) is 11.7 Å². The fourth-order valence-corrected chi connectivity index (χ4v) is 4.13. The molecule has 0 fully saturated rings. The van der Waals surface area contributed by atoms with Crippen molar-refractivity contribution in [2.75, 3.05) is 6.54 Å². The first-order chi connectivity index (χ1) is 15.2. The summed E-state index contributed by atoms with van der Waals surface area (Å²) in [6.07, 6.45) is 6.40. The summed E-state index contributed by atoms with van der Waals surface area (Å²) in [6.45, 7) is 7.75. The molecule has 0 amide bonds. The summed E-state index contributed by atoms with van der Waals surface area (Å²) >= 11 is 1.57. The summed E-state index contributed by atoms with van der Waals surface area (Å²) in [6, 6.07) is 8.45. The maximum Gasteiger partial charge on any atom is 0.234 e. The van der Waals surface area contributed by atoms with Gasteiger partial charge < -0.3 is 5.32 Å². The molecule has 0 saturated heterocycles. The maximum atomic E-state index is 4.65. The van der Waals surface area contributed by atoms with Crippen LogP contribution in [-0.2, 0) is 20.0 Å². The van der Waals surface area contributed by atoms with Crippen molar-refractivity contribution in [3.05, 3.63) is 59.3 Å². The van der Waals surface area contributed by atoms with Crippen LogP contribution in [0.25, 0.3) is 27.0 Å². The molecule has 1 N–H and O–H groups in total. The number of nitrogens with one attached hydrogen (secondary N) is 1. The Balaban J connectivity index is 0.00000112. The van der Waals surface area contributed by atoms with Crippen LogP contribution in [-0.4, -0.2) is 41.1 Å². The first-order valence-electron chi connectivity index (χ1n) is 10.5. The highest BCUT2D eigenvalue weighted by atomic mass is 32.1. The van der Waals surface area contributed by atoms with E-state index < -0.39 is 0 Å². The number of hydrogen-bond acceptors (Lipinski definition) is 7. The van der Waals surface area contributed by atoms with E-state index in [1.54, 1.807) is 16.0 Å². The van der Waals surface area contributed by atoms with Crippen LogP contribution in [0.3, 0.4) is 0 Å². The molecular weight excluding hydrogens is 408 g/mol. The molecule has 0 aliphatic rings. The van der Waals surface area contributed by atoms with Crippen molar-refractivity contribution in [1.29, 1.82) is 0 Å². The van der Waals surface area contributed by atoms with Gasteiger partial charge in [0.1, 0.15) is 5.01 Å². The average Bonchev–Trinajstić information content (AvgIpc) is 3.50. The normalized spacial score (nSPS) is 11.1. The average molecular weight is 435 g/mol. The second-order valence-corrected chi connectivity index (χ2v) is 7.96. The lowest BCUT2D eigenvalue weighted by atomic mass is 10.0. The molecule has 0 spiro atoms.